The predicted octanol–water partition coefficient (Wildman–Crippen LogP) is 1.62. The minimum absolute atomic E-state index is 0. The summed E-state index contributed by atoms with van der Waals surface area (Å²) in [4.78, 5) is 14.6. The Kier molecular flexibility index (Phi) is 6.68. The van der Waals surface area contributed by atoms with Crippen LogP contribution in [0.3, 0.4) is 0 Å². The first-order valence-corrected chi connectivity index (χ1v) is 8.16. The lowest BCUT2D eigenvalue weighted by Crippen LogP contribution is -2.44. The van der Waals surface area contributed by atoms with Gasteiger partial charge in [0.15, 0.2) is 0 Å². The molecule has 0 unspecified atom stereocenters. The summed E-state index contributed by atoms with van der Waals surface area (Å²) in [5, 5.41) is 6.40. The number of benzene rings is 1. The summed E-state index contributed by atoms with van der Waals surface area (Å²) in [5.74, 6) is 0.0741. The quantitative estimate of drug-likeness (QED) is 0.809. The lowest BCUT2D eigenvalue weighted by molar-refractivity contribution is 0.0951. The summed E-state index contributed by atoms with van der Waals surface area (Å²) in [6, 6.07) is 6.17. The van der Waals surface area contributed by atoms with Gasteiger partial charge in [0.1, 0.15) is 0 Å². The molecular formula is C17H26ClN3O. The molecule has 0 spiro atoms. The van der Waals surface area contributed by atoms with Crippen LogP contribution in [0.15, 0.2) is 18.2 Å². The van der Waals surface area contributed by atoms with E-state index in [1.165, 1.54) is 24.0 Å². The number of halogens is 1. The van der Waals surface area contributed by atoms with Gasteiger partial charge >= 0.3 is 0 Å². The molecule has 1 aromatic rings. The second-order valence-electron chi connectivity index (χ2n) is 6.04. The van der Waals surface area contributed by atoms with Crippen molar-refractivity contribution in [2.75, 3.05) is 39.3 Å². The number of hydrogen-bond acceptors (Lipinski definition) is 3. The first-order chi connectivity index (χ1) is 10.3. The molecule has 4 nitrogen and oxygen atoms in total. The number of carbonyl (C=O) groups is 1. The van der Waals surface area contributed by atoms with Gasteiger partial charge in [-0.25, -0.2) is 0 Å². The van der Waals surface area contributed by atoms with Crippen LogP contribution < -0.4 is 10.6 Å². The highest BCUT2D eigenvalue weighted by molar-refractivity contribution is 5.94. The third-order valence-electron chi connectivity index (χ3n) is 4.51. The number of aryl methyl sites for hydroxylation is 2. The normalized spacial score (nSPS) is 17.6. The second-order valence-corrected chi connectivity index (χ2v) is 6.04. The molecule has 0 saturated carbocycles. The van der Waals surface area contributed by atoms with E-state index < -0.39 is 0 Å². The van der Waals surface area contributed by atoms with Crippen molar-refractivity contribution in [3.63, 3.8) is 0 Å². The standard InChI is InChI=1S/C17H25N3O.ClH/c21-17(16-6-5-14-3-1-4-15(14)13-16)19-7-2-10-20-11-8-18-9-12-20;/h5-6,13,18H,1-4,7-12H2,(H,19,21);1H. The van der Waals surface area contributed by atoms with Crippen LogP contribution in [0.25, 0.3) is 0 Å². The van der Waals surface area contributed by atoms with Gasteiger partial charge in [-0.2, -0.15) is 0 Å². The van der Waals surface area contributed by atoms with E-state index >= 15 is 0 Å². The molecular weight excluding hydrogens is 298 g/mol. The van der Waals surface area contributed by atoms with E-state index in [9.17, 15) is 4.79 Å². The third-order valence-corrected chi connectivity index (χ3v) is 4.51. The topological polar surface area (TPSA) is 44.4 Å². The summed E-state index contributed by atoms with van der Waals surface area (Å²) in [5.41, 5.74) is 3.60. The first-order valence-electron chi connectivity index (χ1n) is 8.16. The van der Waals surface area contributed by atoms with Crippen molar-refractivity contribution in [3.05, 3.63) is 34.9 Å². The fourth-order valence-electron chi connectivity index (χ4n) is 3.25. The van der Waals surface area contributed by atoms with Gasteiger partial charge in [-0.05, 0) is 55.5 Å². The van der Waals surface area contributed by atoms with Gasteiger partial charge in [-0.15, -0.1) is 12.4 Å². The lowest BCUT2D eigenvalue weighted by atomic mass is 10.1. The summed E-state index contributed by atoms with van der Waals surface area (Å²) in [6.45, 7) is 6.26. The van der Waals surface area contributed by atoms with Crippen LogP contribution in [0.1, 0.15) is 34.3 Å². The Hall–Kier alpha value is -1.10. The minimum Gasteiger partial charge on any atom is -0.352 e. The molecule has 1 aromatic carbocycles. The molecule has 2 aliphatic rings. The van der Waals surface area contributed by atoms with Gasteiger partial charge in [-0.3, -0.25) is 4.79 Å². The van der Waals surface area contributed by atoms with Crippen molar-refractivity contribution in [2.24, 2.45) is 0 Å². The van der Waals surface area contributed by atoms with Crippen LogP contribution in [-0.2, 0) is 12.8 Å². The molecule has 0 atom stereocenters. The van der Waals surface area contributed by atoms with Crippen LogP contribution in [0.4, 0.5) is 0 Å². The number of amides is 1. The van der Waals surface area contributed by atoms with Crippen LogP contribution in [0, 0.1) is 0 Å². The number of rotatable bonds is 5. The lowest BCUT2D eigenvalue weighted by Gasteiger charge is -2.27. The molecule has 1 fully saturated rings. The Morgan fingerprint density at radius 2 is 1.95 bits per heavy atom. The molecule has 1 saturated heterocycles. The van der Waals surface area contributed by atoms with Crippen LogP contribution in [0.5, 0.6) is 0 Å². The molecule has 1 aliphatic carbocycles. The molecule has 3 rings (SSSR count). The van der Waals surface area contributed by atoms with Crippen molar-refractivity contribution >= 4 is 18.3 Å². The van der Waals surface area contributed by atoms with Crippen LogP contribution in [0.2, 0.25) is 0 Å². The number of hydrogen-bond donors (Lipinski definition) is 2. The maximum atomic E-state index is 12.2. The molecule has 22 heavy (non-hydrogen) atoms. The average Bonchev–Trinajstić information content (AvgIpc) is 3.00. The maximum absolute atomic E-state index is 12.2. The van der Waals surface area contributed by atoms with Crippen molar-refractivity contribution in [3.8, 4) is 0 Å². The van der Waals surface area contributed by atoms with Gasteiger partial charge < -0.3 is 15.5 Å². The molecule has 5 heteroatoms. The fourth-order valence-corrected chi connectivity index (χ4v) is 3.25. The fraction of sp³-hybridized carbons (Fsp3) is 0.588. The van der Waals surface area contributed by atoms with Gasteiger partial charge in [-0.1, -0.05) is 6.07 Å². The average molecular weight is 324 g/mol. The number of fused-ring (bicyclic) bond motifs is 1. The maximum Gasteiger partial charge on any atom is 0.251 e. The van der Waals surface area contributed by atoms with E-state index in [1.54, 1.807) is 0 Å². The molecule has 1 heterocycles. The highest BCUT2D eigenvalue weighted by atomic mass is 35.5. The zero-order chi connectivity index (χ0) is 14.5. The smallest absolute Gasteiger partial charge is 0.251 e. The number of piperazine rings is 1. The Balaban J connectivity index is 0.00000176. The highest BCUT2D eigenvalue weighted by Crippen LogP contribution is 2.22. The summed E-state index contributed by atoms with van der Waals surface area (Å²) in [6.07, 6.45) is 4.54. The van der Waals surface area contributed by atoms with Crippen LogP contribution in [-0.4, -0.2) is 50.1 Å². The third kappa shape index (κ3) is 4.45. The SMILES string of the molecule is Cl.O=C(NCCCN1CCNCC1)c1ccc2c(c1)CCC2. The van der Waals surface area contributed by atoms with E-state index in [0.717, 1.165) is 57.7 Å². The van der Waals surface area contributed by atoms with E-state index in [2.05, 4.69) is 27.7 Å². The molecule has 0 bridgehead atoms. The molecule has 2 N–H and O–H groups in total. The zero-order valence-corrected chi connectivity index (χ0v) is 13.9. The molecule has 1 aliphatic heterocycles. The van der Waals surface area contributed by atoms with Gasteiger partial charge in [0.2, 0.25) is 0 Å². The molecule has 0 radical (unpaired) electrons. The first kappa shape index (κ1) is 17.3. The Labute approximate surface area is 139 Å². The Morgan fingerprint density at radius 1 is 1.18 bits per heavy atom. The number of carbonyl (C=O) groups excluding carboxylic acids is 1. The van der Waals surface area contributed by atoms with E-state index in [4.69, 9.17) is 0 Å². The van der Waals surface area contributed by atoms with Crippen molar-refractivity contribution in [1.82, 2.24) is 15.5 Å². The molecule has 0 aromatic heterocycles. The largest absolute Gasteiger partial charge is 0.352 e. The summed E-state index contributed by atoms with van der Waals surface area (Å²) >= 11 is 0. The highest BCUT2D eigenvalue weighted by Gasteiger charge is 2.14. The van der Waals surface area contributed by atoms with E-state index in [-0.39, 0.29) is 18.3 Å². The van der Waals surface area contributed by atoms with Crippen LogP contribution >= 0.6 is 12.4 Å². The Bertz CT molecular complexity index is 501. The van der Waals surface area contributed by atoms with Gasteiger partial charge in [0, 0.05) is 38.3 Å². The van der Waals surface area contributed by atoms with E-state index in [0.29, 0.717) is 0 Å². The van der Waals surface area contributed by atoms with Gasteiger partial charge in [0.25, 0.3) is 5.91 Å². The van der Waals surface area contributed by atoms with Crippen molar-refractivity contribution < 1.29 is 4.79 Å². The molecule has 1 amide bonds. The van der Waals surface area contributed by atoms with Gasteiger partial charge in [0.05, 0.1) is 0 Å². The summed E-state index contributed by atoms with van der Waals surface area (Å²) < 4.78 is 0. The van der Waals surface area contributed by atoms with Crippen molar-refractivity contribution in [1.29, 1.82) is 0 Å². The second kappa shape index (κ2) is 8.51. The zero-order valence-electron chi connectivity index (χ0n) is 13.1. The monoisotopic (exact) mass is 323 g/mol. The Morgan fingerprint density at radius 3 is 2.77 bits per heavy atom. The number of nitrogens with zero attached hydrogens (tertiary/aromatic N) is 1. The van der Waals surface area contributed by atoms with E-state index in [1.807, 2.05) is 6.07 Å². The van der Waals surface area contributed by atoms with Crippen molar-refractivity contribution in [2.45, 2.75) is 25.7 Å². The summed E-state index contributed by atoms with van der Waals surface area (Å²) in [7, 11) is 0. The minimum atomic E-state index is 0. The predicted molar refractivity (Wildman–Crippen MR) is 92.0 cm³/mol. The number of nitrogens with one attached hydrogen (secondary N) is 2. The molecule has 122 valence electrons.